The van der Waals surface area contributed by atoms with Gasteiger partial charge < -0.3 is 14.8 Å². The molecule has 0 radical (unpaired) electrons. The zero-order valence-electron chi connectivity index (χ0n) is 16.2. The standard InChI is InChI=1S/C20H23N5O3/c1-4-14-10-15(23-17-8-6-13(11-21)12-22-17)19-16(7-9-18(24-19)27-3)25(14)20(26)28-5-2/h6-9,12,14-15H,4-5,10H2,1-3H3,(H,22,23)/t14-,15+/m1/s1. The van der Waals surface area contributed by atoms with Crippen LogP contribution in [0, 0.1) is 11.3 Å². The predicted octanol–water partition coefficient (Wildman–Crippen LogP) is 3.66. The van der Waals surface area contributed by atoms with E-state index in [1.54, 1.807) is 37.1 Å². The average Bonchev–Trinajstić information content (AvgIpc) is 2.73. The van der Waals surface area contributed by atoms with Gasteiger partial charge in [-0.25, -0.2) is 14.8 Å². The zero-order valence-corrected chi connectivity index (χ0v) is 16.2. The van der Waals surface area contributed by atoms with Crippen molar-refractivity contribution in [2.24, 2.45) is 0 Å². The summed E-state index contributed by atoms with van der Waals surface area (Å²) in [5, 5.41) is 12.3. The molecule has 0 spiro atoms. The van der Waals surface area contributed by atoms with Crippen LogP contribution >= 0.6 is 0 Å². The van der Waals surface area contributed by atoms with Crippen LogP contribution in [0.5, 0.6) is 5.88 Å². The van der Waals surface area contributed by atoms with Crippen LogP contribution in [-0.2, 0) is 4.74 Å². The number of pyridine rings is 2. The van der Waals surface area contributed by atoms with Gasteiger partial charge in [-0.15, -0.1) is 0 Å². The summed E-state index contributed by atoms with van der Waals surface area (Å²) >= 11 is 0. The van der Waals surface area contributed by atoms with Gasteiger partial charge in [0.15, 0.2) is 0 Å². The molecule has 0 unspecified atom stereocenters. The minimum atomic E-state index is -0.377. The summed E-state index contributed by atoms with van der Waals surface area (Å²) in [6, 6.07) is 8.89. The molecule has 1 N–H and O–H groups in total. The van der Waals surface area contributed by atoms with Gasteiger partial charge in [-0.1, -0.05) is 6.92 Å². The lowest BCUT2D eigenvalue weighted by atomic mass is 9.93. The fraction of sp³-hybridized carbons (Fsp3) is 0.400. The number of rotatable bonds is 5. The molecule has 0 saturated carbocycles. The first-order valence-corrected chi connectivity index (χ1v) is 9.24. The predicted molar refractivity (Wildman–Crippen MR) is 104 cm³/mol. The van der Waals surface area contributed by atoms with E-state index in [1.165, 1.54) is 6.20 Å². The maximum absolute atomic E-state index is 12.6. The summed E-state index contributed by atoms with van der Waals surface area (Å²) in [7, 11) is 1.56. The number of anilines is 2. The molecule has 8 heteroatoms. The summed E-state index contributed by atoms with van der Waals surface area (Å²) in [6.07, 6.45) is 2.55. The van der Waals surface area contributed by atoms with E-state index in [9.17, 15) is 4.79 Å². The molecule has 146 valence electrons. The quantitative estimate of drug-likeness (QED) is 0.843. The largest absolute Gasteiger partial charge is 0.481 e. The lowest BCUT2D eigenvalue weighted by Crippen LogP contribution is -2.46. The Morgan fingerprint density at radius 1 is 1.36 bits per heavy atom. The van der Waals surface area contributed by atoms with Crippen LogP contribution in [0.25, 0.3) is 0 Å². The first-order chi connectivity index (χ1) is 13.6. The summed E-state index contributed by atoms with van der Waals surface area (Å²) in [5.41, 5.74) is 1.89. The molecule has 0 aromatic carbocycles. The molecule has 0 fully saturated rings. The Morgan fingerprint density at radius 3 is 2.79 bits per heavy atom. The maximum atomic E-state index is 12.6. The number of aromatic nitrogens is 2. The second-order valence-electron chi connectivity index (χ2n) is 6.37. The topological polar surface area (TPSA) is 100 Å². The van der Waals surface area contributed by atoms with Crippen molar-refractivity contribution in [3.8, 4) is 11.9 Å². The summed E-state index contributed by atoms with van der Waals surface area (Å²) in [5.74, 6) is 1.11. The second-order valence-corrected chi connectivity index (χ2v) is 6.37. The van der Waals surface area contributed by atoms with Gasteiger partial charge >= 0.3 is 6.09 Å². The smallest absolute Gasteiger partial charge is 0.414 e. The van der Waals surface area contributed by atoms with E-state index < -0.39 is 0 Å². The third-order valence-electron chi connectivity index (χ3n) is 4.70. The lowest BCUT2D eigenvalue weighted by molar-refractivity contribution is 0.155. The van der Waals surface area contributed by atoms with Crippen molar-refractivity contribution in [3.05, 3.63) is 41.7 Å². The third kappa shape index (κ3) is 3.83. The van der Waals surface area contributed by atoms with Gasteiger partial charge in [-0.05, 0) is 38.0 Å². The van der Waals surface area contributed by atoms with Crippen LogP contribution in [0.3, 0.4) is 0 Å². The highest BCUT2D eigenvalue weighted by molar-refractivity contribution is 5.90. The number of amides is 1. The average molecular weight is 381 g/mol. The second kappa shape index (κ2) is 8.57. The Bertz CT molecular complexity index is 878. The molecule has 0 aliphatic carbocycles. The van der Waals surface area contributed by atoms with E-state index in [-0.39, 0.29) is 18.2 Å². The number of nitrogens with one attached hydrogen (secondary N) is 1. The Balaban J connectivity index is 1.99. The van der Waals surface area contributed by atoms with E-state index in [4.69, 9.17) is 14.7 Å². The van der Waals surface area contributed by atoms with Crippen LogP contribution < -0.4 is 15.0 Å². The number of nitrogens with zero attached hydrogens (tertiary/aromatic N) is 4. The number of fused-ring (bicyclic) bond motifs is 1. The molecular formula is C20H23N5O3. The lowest BCUT2D eigenvalue weighted by Gasteiger charge is -2.39. The van der Waals surface area contributed by atoms with Gasteiger partial charge in [0.2, 0.25) is 5.88 Å². The van der Waals surface area contributed by atoms with Crippen LogP contribution in [0.2, 0.25) is 0 Å². The normalized spacial score (nSPS) is 18.0. The van der Waals surface area contributed by atoms with Gasteiger partial charge in [-0.3, -0.25) is 4.90 Å². The monoisotopic (exact) mass is 381 g/mol. The summed E-state index contributed by atoms with van der Waals surface area (Å²) in [6.45, 7) is 4.13. The van der Waals surface area contributed by atoms with Crippen molar-refractivity contribution >= 4 is 17.6 Å². The first-order valence-electron chi connectivity index (χ1n) is 9.24. The van der Waals surface area contributed by atoms with Crippen molar-refractivity contribution in [2.75, 3.05) is 23.9 Å². The number of nitriles is 1. The summed E-state index contributed by atoms with van der Waals surface area (Å²) < 4.78 is 10.6. The van der Waals surface area contributed by atoms with Gasteiger partial charge in [-0.2, -0.15) is 5.26 Å². The molecule has 1 aliphatic heterocycles. The summed E-state index contributed by atoms with van der Waals surface area (Å²) in [4.78, 5) is 23.2. The minimum absolute atomic E-state index is 0.0439. The van der Waals surface area contributed by atoms with Crippen LogP contribution in [-0.4, -0.2) is 35.8 Å². The number of ether oxygens (including phenoxy) is 2. The van der Waals surface area contributed by atoms with Crippen molar-refractivity contribution in [3.63, 3.8) is 0 Å². The van der Waals surface area contributed by atoms with E-state index >= 15 is 0 Å². The Hall–Kier alpha value is -3.34. The molecule has 3 heterocycles. The number of hydrogen-bond acceptors (Lipinski definition) is 7. The SMILES string of the molecule is CCOC(=O)N1c2ccc(OC)nc2[C@@H](Nc2ccc(C#N)cn2)C[C@H]1CC. The van der Waals surface area contributed by atoms with Gasteiger partial charge in [0, 0.05) is 18.3 Å². The Morgan fingerprint density at radius 2 is 2.18 bits per heavy atom. The fourth-order valence-electron chi connectivity index (χ4n) is 3.35. The highest BCUT2D eigenvalue weighted by Crippen LogP contribution is 2.40. The molecule has 8 nitrogen and oxygen atoms in total. The highest BCUT2D eigenvalue weighted by atomic mass is 16.6. The van der Waals surface area contributed by atoms with E-state index in [0.717, 1.165) is 6.42 Å². The Kier molecular flexibility index (Phi) is 5.94. The number of carbonyl (C=O) groups is 1. The minimum Gasteiger partial charge on any atom is -0.481 e. The first kappa shape index (κ1) is 19.4. The number of carbonyl (C=O) groups excluding carboxylic acids is 1. The van der Waals surface area contributed by atoms with Gasteiger partial charge in [0.1, 0.15) is 11.9 Å². The maximum Gasteiger partial charge on any atom is 0.414 e. The molecule has 28 heavy (non-hydrogen) atoms. The highest BCUT2D eigenvalue weighted by Gasteiger charge is 2.37. The van der Waals surface area contributed by atoms with E-state index in [0.29, 0.717) is 41.7 Å². The number of methoxy groups -OCH3 is 1. The van der Waals surface area contributed by atoms with Crippen LogP contribution in [0.15, 0.2) is 30.5 Å². The van der Waals surface area contributed by atoms with Crippen LogP contribution in [0.1, 0.15) is 44.0 Å². The molecule has 0 bridgehead atoms. The van der Waals surface area contributed by atoms with E-state index in [2.05, 4.69) is 21.4 Å². The molecule has 2 aromatic rings. The van der Waals surface area contributed by atoms with Crippen molar-refractivity contribution < 1.29 is 14.3 Å². The van der Waals surface area contributed by atoms with Crippen molar-refractivity contribution in [1.29, 1.82) is 5.26 Å². The number of hydrogen-bond donors (Lipinski definition) is 1. The van der Waals surface area contributed by atoms with Gasteiger partial charge in [0.25, 0.3) is 0 Å². The van der Waals surface area contributed by atoms with Gasteiger partial charge in [0.05, 0.1) is 36.7 Å². The molecule has 1 aliphatic rings. The third-order valence-corrected chi connectivity index (χ3v) is 4.70. The molecule has 3 rings (SSSR count). The van der Waals surface area contributed by atoms with E-state index in [1.807, 2.05) is 13.0 Å². The Labute approximate surface area is 164 Å². The molecule has 0 saturated heterocycles. The van der Waals surface area contributed by atoms with Crippen molar-refractivity contribution in [1.82, 2.24) is 9.97 Å². The fourth-order valence-corrected chi connectivity index (χ4v) is 3.35. The zero-order chi connectivity index (χ0) is 20.1. The van der Waals surface area contributed by atoms with Crippen molar-refractivity contribution in [2.45, 2.75) is 38.8 Å². The molecule has 2 aromatic heterocycles. The molecule has 1 amide bonds. The molecule has 2 atom stereocenters. The van der Waals surface area contributed by atoms with Crippen LogP contribution in [0.4, 0.5) is 16.3 Å². The molecular weight excluding hydrogens is 358 g/mol.